The number of cyclic esters (lactones) is 1. The first-order valence-corrected chi connectivity index (χ1v) is 35.9. The Bertz CT molecular complexity index is 3880. The van der Waals surface area contributed by atoms with Crippen LogP contribution in [-0.2, 0) is 71.3 Å². The molecule has 4 unspecified atom stereocenters. The molecule has 0 radical (unpaired) electrons. The summed E-state index contributed by atoms with van der Waals surface area (Å²) in [5.74, 6) is -2.52. The third kappa shape index (κ3) is 31.0. The fourth-order valence-electron chi connectivity index (χ4n) is 11.4. The summed E-state index contributed by atoms with van der Waals surface area (Å²) < 4.78 is 70.2. The zero-order valence-electron chi connectivity index (χ0n) is 66.4. The lowest BCUT2D eigenvalue weighted by molar-refractivity contribution is -0.385. The van der Waals surface area contributed by atoms with Crippen LogP contribution in [0.1, 0.15) is 109 Å². The third-order valence-corrected chi connectivity index (χ3v) is 16.5. The summed E-state index contributed by atoms with van der Waals surface area (Å²) in [6.07, 6.45) is -2.35. The van der Waals surface area contributed by atoms with Crippen molar-refractivity contribution in [2.45, 2.75) is 167 Å². The van der Waals surface area contributed by atoms with E-state index in [9.17, 15) is 93.0 Å². The second kappa shape index (κ2) is 43.5. The van der Waals surface area contributed by atoms with Gasteiger partial charge in [-0.25, -0.2) is 47.9 Å². The van der Waals surface area contributed by atoms with Crippen molar-refractivity contribution >= 4 is 101 Å². The lowest BCUT2D eigenvalue weighted by Gasteiger charge is -2.45. The first kappa shape index (κ1) is 95.7. The molecule has 5 fully saturated rings. The number of fused-ring (bicyclic) bond motifs is 1. The van der Waals surface area contributed by atoms with Crippen molar-refractivity contribution in [2.75, 3.05) is 94.1 Å². The highest BCUT2D eigenvalue weighted by molar-refractivity contribution is 6.61. The second-order valence-corrected chi connectivity index (χ2v) is 29.6. The van der Waals surface area contributed by atoms with E-state index in [0.717, 1.165) is 49.9 Å². The van der Waals surface area contributed by atoms with Crippen LogP contribution in [0.5, 0.6) is 17.2 Å². The molecule has 0 bridgehead atoms. The number of nitro groups is 3. The summed E-state index contributed by atoms with van der Waals surface area (Å²) in [6, 6.07) is 9.48. The fraction of sp³-hybridized carbons (Fsp3) is 0.583. The minimum absolute atomic E-state index is 0.0341. The Labute approximate surface area is 665 Å². The Morgan fingerprint density at radius 2 is 0.817 bits per heavy atom. The minimum atomic E-state index is -1.40. The number of benzene rings is 3. The average molecular weight is 1650 g/mol. The number of nitrogens with zero attached hydrogens (tertiary/aromatic N) is 8. The van der Waals surface area contributed by atoms with Crippen molar-refractivity contribution in [1.29, 1.82) is 0 Å². The predicted octanol–water partition coefficient (Wildman–Crippen LogP) is 9.26. The molecule has 8 rings (SSSR count). The van der Waals surface area contributed by atoms with Crippen LogP contribution in [-0.4, -0.2) is 269 Å². The number of aliphatic hydroxyl groups excluding tert-OH is 1. The van der Waals surface area contributed by atoms with Crippen LogP contribution in [0.2, 0.25) is 0 Å². The van der Waals surface area contributed by atoms with Gasteiger partial charge in [0, 0.05) is 80.7 Å². The maximum Gasteiger partial charge on any atom is 0.513 e. The van der Waals surface area contributed by atoms with Gasteiger partial charge in [-0.1, -0.05) is 0 Å². The SMILES string of the molecule is COC(=O)C1CCCN[C@H]1COC(=O)Oc1ccc([N+](=O)[O-])cc1.COC(=O)C1[C@H](CO)N(C(=O)OC(C)(C)C)CCN1C(=O)OC(C)(C)C.COC(=O)C1[C@H](COC(=O)Oc2ccc([N+](=O)[O-])cc2)N(C(=O)OC(C)(C)C)CCN1C(=O)OC(C)(C)C.COC(=O)[C@@H]1CCCN2C(=O)OCC12.O=C(Cl)Oc1ccc([N+](=O)[O-])cc1. The van der Waals surface area contributed by atoms with Gasteiger partial charge in [-0.2, -0.15) is 0 Å². The van der Waals surface area contributed by atoms with E-state index in [1.807, 2.05) is 0 Å². The summed E-state index contributed by atoms with van der Waals surface area (Å²) in [7, 11) is 4.98. The monoisotopic (exact) mass is 1650 g/mol. The lowest BCUT2D eigenvalue weighted by atomic mass is 9.90. The number of aliphatic hydroxyl groups is 1. The van der Waals surface area contributed by atoms with E-state index in [4.69, 9.17) is 73.2 Å². The van der Waals surface area contributed by atoms with Gasteiger partial charge < -0.3 is 81.6 Å². The molecule has 43 heteroatoms. The number of piperidine rings is 2. The van der Waals surface area contributed by atoms with Gasteiger partial charge in [0.25, 0.3) is 17.1 Å². The van der Waals surface area contributed by atoms with Crippen LogP contribution >= 0.6 is 11.6 Å². The number of halogens is 1. The number of nitrogens with one attached hydrogen (secondary N) is 1. The molecule has 5 aliphatic heterocycles. The van der Waals surface area contributed by atoms with E-state index in [1.165, 1.54) is 96.7 Å². The molecule has 3 aromatic rings. The molecular weight excluding hydrogens is 1550 g/mol. The molecule has 0 saturated carbocycles. The lowest BCUT2D eigenvalue weighted by Crippen LogP contribution is -2.67. The topological polar surface area (TPSA) is 512 Å². The summed E-state index contributed by atoms with van der Waals surface area (Å²) in [4.78, 5) is 181. The number of piperazine rings is 2. The van der Waals surface area contributed by atoms with E-state index >= 15 is 0 Å². The number of carbonyl (C=O) groups is 12. The number of nitro benzene ring substituents is 3. The van der Waals surface area contributed by atoms with Crippen LogP contribution in [0.4, 0.5) is 55.4 Å². The van der Waals surface area contributed by atoms with Gasteiger partial charge in [-0.3, -0.25) is 59.5 Å². The number of rotatable bonds is 15. The Balaban J connectivity index is 0.000000318. The predicted molar refractivity (Wildman–Crippen MR) is 396 cm³/mol. The average Bonchev–Trinajstić information content (AvgIpc) is 1.64. The van der Waals surface area contributed by atoms with Crippen molar-refractivity contribution in [3.05, 3.63) is 103 Å². The summed E-state index contributed by atoms with van der Waals surface area (Å²) in [5.41, 5.74) is -4.61. The Hall–Kier alpha value is -11.7. The first-order valence-electron chi connectivity index (χ1n) is 35.5. The number of ether oxygens (including phenoxy) is 14. The van der Waals surface area contributed by atoms with Gasteiger partial charge in [-0.15, -0.1) is 0 Å². The number of hydrogen-bond donors (Lipinski definition) is 2. The number of carbonyl (C=O) groups excluding carboxylic acids is 12. The van der Waals surface area contributed by atoms with Crippen LogP contribution in [0, 0.1) is 42.2 Å². The van der Waals surface area contributed by atoms with Gasteiger partial charge >= 0.3 is 72.1 Å². The van der Waals surface area contributed by atoms with Crippen molar-refractivity contribution in [2.24, 2.45) is 11.8 Å². The van der Waals surface area contributed by atoms with Gasteiger partial charge in [0.05, 0.1) is 79.8 Å². The largest absolute Gasteiger partial charge is 0.513 e. The first-order chi connectivity index (χ1) is 53.7. The third-order valence-electron chi connectivity index (χ3n) is 16.4. The highest BCUT2D eigenvalue weighted by atomic mass is 35.5. The molecular formula is C72H98ClN9O33. The minimum Gasteiger partial charge on any atom is -0.469 e. The molecule has 115 heavy (non-hydrogen) atoms. The molecule has 0 aromatic heterocycles. The Kier molecular flexibility index (Phi) is 36.2. The highest BCUT2D eigenvalue weighted by Crippen LogP contribution is 2.32. The van der Waals surface area contributed by atoms with E-state index < -0.39 is 129 Å². The number of hydrogen-bond acceptors (Lipinski definition) is 34. The molecule has 5 aliphatic rings. The van der Waals surface area contributed by atoms with Crippen LogP contribution < -0.4 is 19.5 Å². The van der Waals surface area contributed by atoms with Crippen molar-refractivity contribution < 1.29 is 144 Å². The van der Waals surface area contributed by atoms with Gasteiger partial charge in [0.2, 0.25) is 0 Å². The van der Waals surface area contributed by atoms with Crippen molar-refractivity contribution in [1.82, 2.24) is 29.8 Å². The number of amides is 5. The summed E-state index contributed by atoms with van der Waals surface area (Å²) in [6.45, 7) is 20.8. The number of methoxy groups -OCH3 is 4. The number of non-ortho nitro benzene ring substituents is 3. The molecule has 5 saturated heterocycles. The molecule has 0 aliphatic carbocycles. The van der Waals surface area contributed by atoms with Gasteiger partial charge in [-0.05, 0) is 152 Å². The van der Waals surface area contributed by atoms with Crippen LogP contribution in [0.25, 0.3) is 0 Å². The molecule has 8 atom stereocenters. The maximum atomic E-state index is 13.0. The molecule has 3 aromatic carbocycles. The molecule has 5 amide bonds. The van der Waals surface area contributed by atoms with E-state index in [-0.39, 0.29) is 109 Å². The standard InChI is InChI=1S/C24H33N3O11.C17H30N2O7.C15H18N2O7.C9H13NO4.C7H4ClNO4/c1-23(2,3)37-20(29)25-12-13-26(21(30)38-24(4,5)6)18(19(28)34-7)17(25)14-35-22(31)36-16-10-8-15(9-11-16)27(32)33;1-16(2,3)25-14(22)18-8-9-19(15(23)26-17(4,5)6)12(11(18)10-20)13(21)24-7;1-22-14(18)12-3-2-8-16-13(12)9-23-15(19)24-11-6-4-10(5-7-11)17(20)21;1-13-8(11)6-3-2-4-10-7(6)5-14-9(10)12;8-7(10)13-6-3-1-5(2-4-6)9(11)12/h8-11,17-18H,12-14H2,1-7H3;11-12,20H,8-10H2,1-7H3;4-7,12-13,16H,2-3,8-9H2,1H3;6-7H,2-5H2,1H3;1-4H/t17-,18?;11-,12?;12?,13-;6-,7?;/m0001./s1. The summed E-state index contributed by atoms with van der Waals surface area (Å²) >= 11 is 4.92. The smallest absolute Gasteiger partial charge is 0.469 e. The maximum absolute atomic E-state index is 13.0. The van der Waals surface area contributed by atoms with Gasteiger partial charge in [0.15, 0.2) is 12.1 Å². The van der Waals surface area contributed by atoms with Gasteiger partial charge in [0.1, 0.15) is 65.5 Å². The zero-order chi connectivity index (χ0) is 86.6. The molecule has 42 nitrogen and oxygen atoms in total. The second-order valence-electron chi connectivity index (χ2n) is 29.3. The van der Waals surface area contributed by atoms with E-state index in [1.54, 1.807) is 88.0 Å². The number of esters is 4. The van der Waals surface area contributed by atoms with Crippen molar-refractivity contribution in [3.63, 3.8) is 0 Å². The van der Waals surface area contributed by atoms with Crippen molar-refractivity contribution in [3.8, 4) is 17.2 Å². The van der Waals surface area contributed by atoms with E-state index in [2.05, 4.69) is 10.1 Å². The molecule has 5 heterocycles. The van der Waals surface area contributed by atoms with Crippen LogP contribution in [0.3, 0.4) is 0 Å². The fourth-order valence-corrected chi connectivity index (χ4v) is 11.5. The quantitative estimate of drug-likeness (QED) is 0.0357. The highest BCUT2D eigenvalue weighted by Gasteiger charge is 2.51. The Morgan fingerprint density at radius 1 is 0.478 bits per heavy atom. The molecule has 2 N–H and O–H groups in total. The molecule has 636 valence electrons. The van der Waals surface area contributed by atoms with Crippen LogP contribution in [0.15, 0.2) is 72.8 Å². The normalized spacial score (nSPS) is 19.7. The van der Waals surface area contributed by atoms with E-state index in [0.29, 0.717) is 19.6 Å². The zero-order valence-corrected chi connectivity index (χ0v) is 67.2. The Morgan fingerprint density at radius 3 is 1.18 bits per heavy atom. The molecule has 0 spiro atoms. The summed E-state index contributed by atoms with van der Waals surface area (Å²) in [5, 5.41) is 44.5.